The quantitative estimate of drug-likeness (QED) is 0.849. The number of hydrogen-bond acceptors (Lipinski definition) is 4. The van der Waals surface area contributed by atoms with Gasteiger partial charge in [-0.25, -0.2) is 18.6 Å². The average Bonchev–Trinajstić information content (AvgIpc) is 2.26. The summed E-state index contributed by atoms with van der Waals surface area (Å²) in [6.07, 6.45) is -3.04. The van der Waals surface area contributed by atoms with Crippen LogP contribution in [0.1, 0.15) is 28.2 Å². The van der Waals surface area contributed by atoms with Crippen molar-refractivity contribution < 1.29 is 23.4 Å². The van der Waals surface area contributed by atoms with Crippen molar-refractivity contribution in [3.05, 3.63) is 23.0 Å². The van der Waals surface area contributed by atoms with Gasteiger partial charge in [0.25, 0.3) is 6.43 Å². The third-order valence-electron chi connectivity index (χ3n) is 1.78. The molecule has 1 N–H and O–H groups in total. The van der Waals surface area contributed by atoms with Crippen LogP contribution in [0.4, 0.5) is 8.78 Å². The van der Waals surface area contributed by atoms with Crippen LogP contribution in [-0.4, -0.2) is 23.2 Å². The normalized spacial score (nSPS) is 9.94. The van der Waals surface area contributed by atoms with E-state index in [9.17, 15) is 13.6 Å². The lowest BCUT2D eigenvalue weighted by atomic mass is 10.1. The fourth-order valence-electron chi connectivity index (χ4n) is 1.13. The molecule has 1 heterocycles. The molecule has 0 amide bonds. The molecule has 1 aromatic heterocycles. The van der Waals surface area contributed by atoms with E-state index in [-0.39, 0.29) is 11.4 Å². The van der Waals surface area contributed by atoms with Gasteiger partial charge >= 0.3 is 5.97 Å². The number of pyridine rings is 1. The third-order valence-corrected chi connectivity index (χ3v) is 1.78. The highest BCUT2D eigenvalue weighted by atomic mass is 19.3. The molecule has 0 radical (unpaired) electrons. The number of hydrogen-bond donors (Lipinski definition) is 1. The molecule has 0 bridgehead atoms. The van der Waals surface area contributed by atoms with E-state index in [1.165, 1.54) is 0 Å². The van der Waals surface area contributed by atoms with Gasteiger partial charge in [0.2, 0.25) is 0 Å². The highest BCUT2D eigenvalue weighted by Crippen LogP contribution is 2.31. The first kappa shape index (κ1) is 11.8. The van der Waals surface area contributed by atoms with Crippen molar-refractivity contribution in [1.29, 1.82) is 5.26 Å². The highest BCUT2D eigenvalue weighted by Gasteiger charge is 2.25. The minimum atomic E-state index is -3.04. The van der Waals surface area contributed by atoms with Crippen LogP contribution in [0.25, 0.3) is 0 Å². The van der Waals surface area contributed by atoms with Gasteiger partial charge in [-0.15, -0.1) is 0 Å². The topological polar surface area (TPSA) is 83.2 Å². The molecule has 16 heavy (non-hydrogen) atoms. The number of aromatic carboxylic acids is 1. The van der Waals surface area contributed by atoms with Gasteiger partial charge in [0.15, 0.2) is 5.69 Å². The summed E-state index contributed by atoms with van der Waals surface area (Å²) < 4.78 is 29.8. The van der Waals surface area contributed by atoms with Crippen molar-refractivity contribution in [2.75, 3.05) is 7.11 Å². The van der Waals surface area contributed by atoms with Crippen LogP contribution in [0.3, 0.4) is 0 Å². The zero-order chi connectivity index (χ0) is 12.3. The summed E-state index contributed by atoms with van der Waals surface area (Å²) >= 11 is 0. The molecule has 84 valence electrons. The van der Waals surface area contributed by atoms with E-state index in [4.69, 9.17) is 10.4 Å². The Kier molecular flexibility index (Phi) is 3.35. The molecule has 1 aromatic rings. The van der Waals surface area contributed by atoms with Gasteiger partial charge in [-0.3, -0.25) is 0 Å². The van der Waals surface area contributed by atoms with E-state index in [1.807, 2.05) is 0 Å². The fraction of sp³-hybridized carbons (Fsp3) is 0.222. The Morgan fingerprint density at radius 2 is 2.31 bits per heavy atom. The minimum Gasteiger partial charge on any atom is -0.496 e. The van der Waals surface area contributed by atoms with Crippen molar-refractivity contribution in [1.82, 2.24) is 4.98 Å². The SMILES string of the molecule is COc1cc(C#N)nc(C(=O)O)c1C(F)F. The molecule has 0 aliphatic rings. The van der Waals surface area contributed by atoms with Crippen molar-refractivity contribution in [3.63, 3.8) is 0 Å². The predicted octanol–water partition coefficient (Wildman–Crippen LogP) is 1.60. The molecule has 0 saturated heterocycles. The summed E-state index contributed by atoms with van der Waals surface area (Å²) in [6, 6.07) is 2.53. The van der Waals surface area contributed by atoms with Crippen LogP contribution in [0.5, 0.6) is 5.75 Å². The van der Waals surface area contributed by atoms with Crippen LogP contribution < -0.4 is 4.74 Å². The fourth-order valence-corrected chi connectivity index (χ4v) is 1.13. The van der Waals surface area contributed by atoms with Crippen molar-refractivity contribution >= 4 is 5.97 Å². The molecule has 7 heteroatoms. The van der Waals surface area contributed by atoms with Crippen LogP contribution in [0, 0.1) is 11.3 Å². The third kappa shape index (κ3) is 2.06. The van der Waals surface area contributed by atoms with Crippen LogP contribution in [-0.2, 0) is 0 Å². The number of rotatable bonds is 3. The zero-order valence-corrected chi connectivity index (χ0v) is 8.07. The molecule has 0 atom stereocenters. The van der Waals surface area contributed by atoms with Crippen LogP contribution in [0.15, 0.2) is 6.07 Å². The Bertz CT molecular complexity index is 469. The molecular formula is C9H6F2N2O3. The van der Waals surface area contributed by atoms with E-state index in [1.54, 1.807) is 6.07 Å². The van der Waals surface area contributed by atoms with Gasteiger partial charge in [-0.2, -0.15) is 5.26 Å². The number of carbonyl (C=O) groups is 1. The maximum absolute atomic E-state index is 12.6. The van der Waals surface area contributed by atoms with E-state index in [2.05, 4.69) is 9.72 Å². The molecule has 0 unspecified atom stereocenters. The maximum atomic E-state index is 12.6. The lowest BCUT2D eigenvalue weighted by Crippen LogP contribution is -2.09. The number of nitrogens with zero attached hydrogens (tertiary/aromatic N) is 2. The first-order chi connectivity index (χ1) is 7.51. The van der Waals surface area contributed by atoms with E-state index in [0.717, 1.165) is 13.2 Å². The Labute approximate surface area is 88.9 Å². The predicted molar refractivity (Wildman–Crippen MR) is 47.4 cm³/mol. The van der Waals surface area contributed by atoms with Gasteiger partial charge in [0, 0.05) is 6.07 Å². The van der Waals surface area contributed by atoms with Crippen molar-refractivity contribution in [2.45, 2.75) is 6.43 Å². The molecule has 0 fully saturated rings. The standard InChI is InChI=1S/C9H6F2N2O3/c1-16-5-2-4(3-12)13-7(9(14)15)6(5)8(10)11/h2,8H,1H3,(H,14,15). The summed E-state index contributed by atoms with van der Waals surface area (Å²) in [7, 11) is 1.11. The zero-order valence-electron chi connectivity index (χ0n) is 8.07. The minimum absolute atomic E-state index is 0.293. The summed E-state index contributed by atoms with van der Waals surface area (Å²) in [5, 5.41) is 17.2. The lowest BCUT2D eigenvalue weighted by molar-refractivity contribution is 0.0675. The Morgan fingerprint density at radius 3 is 2.69 bits per heavy atom. The molecule has 0 aromatic carbocycles. The number of aromatic nitrogens is 1. The van der Waals surface area contributed by atoms with Crippen molar-refractivity contribution in [3.8, 4) is 11.8 Å². The maximum Gasteiger partial charge on any atom is 0.355 e. The number of carboxylic acids is 1. The molecule has 0 aliphatic carbocycles. The highest BCUT2D eigenvalue weighted by molar-refractivity contribution is 5.88. The molecule has 0 saturated carbocycles. The summed E-state index contributed by atoms with van der Waals surface area (Å²) in [5.41, 5.74) is -1.99. The van der Waals surface area contributed by atoms with Crippen LogP contribution in [0.2, 0.25) is 0 Å². The Balaban J connectivity index is 3.55. The largest absolute Gasteiger partial charge is 0.496 e. The van der Waals surface area contributed by atoms with E-state index >= 15 is 0 Å². The monoisotopic (exact) mass is 228 g/mol. The number of ether oxygens (including phenoxy) is 1. The first-order valence-corrected chi connectivity index (χ1v) is 4.01. The molecule has 0 spiro atoms. The molecule has 1 rings (SSSR count). The van der Waals surface area contributed by atoms with E-state index in [0.29, 0.717) is 0 Å². The number of nitriles is 1. The Morgan fingerprint density at radius 1 is 1.69 bits per heavy atom. The second-order valence-electron chi connectivity index (χ2n) is 2.69. The molecule has 5 nitrogen and oxygen atoms in total. The van der Waals surface area contributed by atoms with Crippen molar-refractivity contribution in [2.24, 2.45) is 0 Å². The number of carboxylic acid groups (broad SMARTS) is 1. The van der Waals surface area contributed by atoms with Gasteiger partial charge in [-0.1, -0.05) is 0 Å². The molecule has 0 aliphatic heterocycles. The van der Waals surface area contributed by atoms with Gasteiger partial charge in [-0.05, 0) is 0 Å². The van der Waals surface area contributed by atoms with Gasteiger partial charge in [0.05, 0.1) is 12.7 Å². The summed E-state index contributed by atoms with van der Waals surface area (Å²) in [5.74, 6) is -2.00. The summed E-state index contributed by atoms with van der Waals surface area (Å²) in [4.78, 5) is 14.0. The number of methoxy groups -OCH3 is 1. The molecular weight excluding hydrogens is 222 g/mol. The second-order valence-corrected chi connectivity index (χ2v) is 2.69. The van der Waals surface area contributed by atoms with Gasteiger partial charge < -0.3 is 9.84 Å². The Hall–Kier alpha value is -2.23. The van der Waals surface area contributed by atoms with Gasteiger partial charge in [0.1, 0.15) is 17.5 Å². The average molecular weight is 228 g/mol. The second kappa shape index (κ2) is 4.53. The number of halogens is 2. The van der Waals surface area contributed by atoms with E-state index < -0.39 is 23.7 Å². The smallest absolute Gasteiger partial charge is 0.355 e. The van der Waals surface area contributed by atoms with Crippen LogP contribution >= 0.6 is 0 Å². The first-order valence-electron chi connectivity index (χ1n) is 4.01. The number of alkyl halides is 2. The summed E-state index contributed by atoms with van der Waals surface area (Å²) in [6.45, 7) is 0. The lowest BCUT2D eigenvalue weighted by Gasteiger charge is -2.10.